The number of rotatable bonds is 8. The predicted molar refractivity (Wildman–Crippen MR) is 104 cm³/mol. The molecule has 2 aliphatic rings. The normalized spacial score (nSPS) is 20.4. The highest BCUT2D eigenvalue weighted by atomic mass is 16.5. The summed E-state index contributed by atoms with van der Waals surface area (Å²) in [7, 11) is 0. The van der Waals surface area contributed by atoms with Gasteiger partial charge in [-0.2, -0.15) is 0 Å². The second kappa shape index (κ2) is 8.52. The molecule has 4 nitrogen and oxygen atoms in total. The minimum atomic E-state index is -0.0446. The van der Waals surface area contributed by atoms with Crippen molar-refractivity contribution < 1.29 is 4.74 Å². The smallest absolute Gasteiger partial charge is 0.123 e. The van der Waals surface area contributed by atoms with Crippen molar-refractivity contribution in [2.75, 3.05) is 45.8 Å². The summed E-state index contributed by atoms with van der Waals surface area (Å²) in [4.78, 5) is 5.16. The van der Waals surface area contributed by atoms with Crippen molar-refractivity contribution >= 4 is 0 Å². The molecule has 140 valence electrons. The van der Waals surface area contributed by atoms with Gasteiger partial charge < -0.3 is 19.9 Å². The molecule has 0 spiro atoms. The molecule has 1 aromatic carbocycles. The number of nitrogens with zero attached hydrogens (tertiary/aromatic N) is 2. The summed E-state index contributed by atoms with van der Waals surface area (Å²) in [6.07, 6.45) is 3.57. The molecule has 0 amide bonds. The van der Waals surface area contributed by atoms with Crippen LogP contribution in [0.2, 0.25) is 0 Å². The number of unbranched alkanes of at least 4 members (excludes halogenated alkanes) is 1. The van der Waals surface area contributed by atoms with Crippen molar-refractivity contribution in [2.45, 2.75) is 52.2 Å². The van der Waals surface area contributed by atoms with Crippen LogP contribution in [0.15, 0.2) is 18.2 Å². The van der Waals surface area contributed by atoms with E-state index in [1.165, 1.54) is 63.2 Å². The van der Waals surface area contributed by atoms with Crippen molar-refractivity contribution in [3.63, 3.8) is 0 Å². The molecule has 0 atom stereocenters. The Morgan fingerprint density at radius 2 is 1.84 bits per heavy atom. The van der Waals surface area contributed by atoms with Gasteiger partial charge in [-0.3, -0.25) is 0 Å². The van der Waals surface area contributed by atoms with Crippen LogP contribution in [0.25, 0.3) is 0 Å². The van der Waals surface area contributed by atoms with Gasteiger partial charge in [0.25, 0.3) is 0 Å². The summed E-state index contributed by atoms with van der Waals surface area (Å²) in [6.45, 7) is 16.1. The fraction of sp³-hybridized carbons (Fsp3) is 0.714. The second-order valence-corrected chi connectivity index (χ2v) is 8.14. The van der Waals surface area contributed by atoms with Gasteiger partial charge in [0.15, 0.2) is 0 Å². The van der Waals surface area contributed by atoms with Gasteiger partial charge in [0.1, 0.15) is 11.4 Å². The summed E-state index contributed by atoms with van der Waals surface area (Å²) < 4.78 is 5.95. The number of nitrogens with one attached hydrogen (secondary N) is 1. The van der Waals surface area contributed by atoms with E-state index in [2.05, 4.69) is 54.1 Å². The van der Waals surface area contributed by atoms with Gasteiger partial charge in [0.05, 0.1) is 0 Å². The molecule has 0 aliphatic carbocycles. The van der Waals surface area contributed by atoms with Crippen LogP contribution in [0.1, 0.15) is 44.7 Å². The Bertz CT molecular complexity index is 550. The van der Waals surface area contributed by atoms with E-state index in [1.54, 1.807) is 0 Å². The zero-order valence-corrected chi connectivity index (χ0v) is 16.3. The summed E-state index contributed by atoms with van der Waals surface area (Å²) in [5.74, 6) is 1.07. The third-order valence-corrected chi connectivity index (χ3v) is 5.45. The summed E-state index contributed by atoms with van der Waals surface area (Å²) >= 11 is 0. The number of benzene rings is 1. The van der Waals surface area contributed by atoms with Gasteiger partial charge in [-0.05, 0) is 63.5 Å². The summed E-state index contributed by atoms with van der Waals surface area (Å²) in [5, 5.41) is 3.60. The Balaban J connectivity index is 1.28. The van der Waals surface area contributed by atoms with Gasteiger partial charge in [-0.1, -0.05) is 19.1 Å². The average Bonchev–Trinajstić information content (AvgIpc) is 2.91. The van der Waals surface area contributed by atoms with E-state index < -0.39 is 0 Å². The number of ether oxygens (including phenoxy) is 1. The van der Waals surface area contributed by atoms with Crippen molar-refractivity contribution in [2.24, 2.45) is 0 Å². The van der Waals surface area contributed by atoms with Crippen LogP contribution in [-0.4, -0.2) is 61.2 Å². The number of hydrogen-bond acceptors (Lipinski definition) is 4. The SMILES string of the molecule is CCN1CCN(CCCCNCc2ccc3c(c2)CC(C)(C)O3)CC1. The molecule has 0 bridgehead atoms. The fourth-order valence-corrected chi connectivity index (χ4v) is 3.92. The summed E-state index contributed by atoms with van der Waals surface area (Å²) in [6, 6.07) is 6.64. The fourth-order valence-electron chi connectivity index (χ4n) is 3.92. The molecule has 0 unspecified atom stereocenters. The molecule has 0 saturated carbocycles. The van der Waals surface area contributed by atoms with E-state index in [1.807, 2.05) is 0 Å². The monoisotopic (exact) mass is 345 g/mol. The number of hydrogen-bond donors (Lipinski definition) is 1. The first-order valence-corrected chi connectivity index (χ1v) is 10.0. The van der Waals surface area contributed by atoms with E-state index >= 15 is 0 Å². The van der Waals surface area contributed by atoms with Gasteiger partial charge in [0, 0.05) is 39.1 Å². The van der Waals surface area contributed by atoms with E-state index in [9.17, 15) is 0 Å². The second-order valence-electron chi connectivity index (χ2n) is 8.14. The van der Waals surface area contributed by atoms with Crippen LogP contribution in [0.3, 0.4) is 0 Å². The molecular weight excluding hydrogens is 310 g/mol. The van der Waals surface area contributed by atoms with Crippen molar-refractivity contribution in [3.05, 3.63) is 29.3 Å². The molecule has 1 aromatic rings. The lowest BCUT2D eigenvalue weighted by atomic mass is 10.0. The number of fused-ring (bicyclic) bond motifs is 1. The van der Waals surface area contributed by atoms with Gasteiger partial charge in [0.2, 0.25) is 0 Å². The van der Waals surface area contributed by atoms with Crippen LogP contribution < -0.4 is 10.1 Å². The quantitative estimate of drug-likeness (QED) is 0.733. The molecule has 2 aliphatic heterocycles. The molecule has 1 saturated heterocycles. The minimum absolute atomic E-state index is 0.0446. The first kappa shape index (κ1) is 18.7. The average molecular weight is 346 g/mol. The molecule has 4 heteroatoms. The molecule has 0 aromatic heterocycles. The molecule has 1 fully saturated rings. The predicted octanol–water partition coefficient (Wildman–Crippen LogP) is 2.91. The van der Waals surface area contributed by atoms with Crippen molar-refractivity contribution in [1.82, 2.24) is 15.1 Å². The standard InChI is InChI=1S/C21H35N3O/c1-4-23-11-13-24(14-12-23)10-6-5-9-22-17-18-7-8-20-19(15-18)16-21(2,3)25-20/h7-8,15,22H,4-6,9-14,16-17H2,1-3H3. The Labute approximate surface area is 153 Å². The van der Waals surface area contributed by atoms with E-state index in [0.29, 0.717) is 0 Å². The van der Waals surface area contributed by atoms with Crippen molar-refractivity contribution in [3.8, 4) is 5.75 Å². The first-order valence-electron chi connectivity index (χ1n) is 10.0. The Kier molecular flexibility index (Phi) is 6.37. The molecule has 1 N–H and O–H groups in total. The van der Waals surface area contributed by atoms with Gasteiger partial charge in [-0.25, -0.2) is 0 Å². The topological polar surface area (TPSA) is 27.7 Å². The Hall–Kier alpha value is -1.10. The van der Waals surface area contributed by atoms with Crippen LogP contribution >= 0.6 is 0 Å². The van der Waals surface area contributed by atoms with Crippen LogP contribution in [0.5, 0.6) is 5.75 Å². The zero-order chi connectivity index (χ0) is 17.7. The third-order valence-electron chi connectivity index (χ3n) is 5.45. The van der Waals surface area contributed by atoms with E-state index in [-0.39, 0.29) is 5.60 Å². The lowest BCUT2D eigenvalue weighted by Gasteiger charge is -2.33. The maximum absolute atomic E-state index is 5.95. The minimum Gasteiger partial charge on any atom is -0.487 e. The van der Waals surface area contributed by atoms with Crippen LogP contribution in [-0.2, 0) is 13.0 Å². The molecule has 0 radical (unpaired) electrons. The first-order chi connectivity index (χ1) is 12.1. The third kappa shape index (κ3) is 5.44. The van der Waals surface area contributed by atoms with Crippen LogP contribution in [0.4, 0.5) is 0 Å². The lowest BCUT2D eigenvalue weighted by molar-refractivity contribution is 0.135. The highest BCUT2D eigenvalue weighted by molar-refractivity contribution is 5.41. The van der Waals surface area contributed by atoms with Crippen LogP contribution in [0, 0.1) is 0 Å². The molecule has 2 heterocycles. The molecular formula is C21H35N3O. The van der Waals surface area contributed by atoms with Gasteiger partial charge >= 0.3 is 0 Å². The maximum Gasteiger partial charge on any atom is 0.123 e. The lowest BCUT2D eigenvalue weighted by Crippen LogP contribution is -2.46. The zero-order valence-electron chi connectivity index (χ0n) is 16.3. The highest BCUT2D eigenvalue weighted by Crippen LogP contribution is 2.35. The van der Waals surface area contributed by atoms with E-state index in [0.717, 1.165) is 25.3 Å². The largest absolute Gasteiger partial charge is 0.487 e. The van der Waals surface area contributed by atoms with Gasteiger partial charge in [-0.15, -0.1) is 0 Å². The molecule has 25 heavy (non-hydrogen) atoms. The number of likely N-dealkylation sites (N-methyl/N-ethyl adjacent to an activating group) is 1. The maximum atomic E-state index is 5.95. The Morgan fingerprint density at radius 1 is 1.08 bits per heavy atom. The highest BCUT2D eigenvalue weighted by Gasteiger charge is 2.29. The number of piperazine rings is 1. The van der Waals surface area contributed by atoms with E-state index in [4.69, 9.17) is 4.74 Å². The van der Waals surface area contributed by atoms with Crippen molar-refractivity contribution in [1.29, 1.82) is 0 Å². The molecule has 3 rings (SSSR count). The Morgan fingerprint density at radius 3 is 2.60 bits per heavy atom. The summed E-state index contributed by atoms with van der Waals surface area (Å²) in [5.41, 5.74) is 2.68.